The Balaban J connectivity index is 1.42. The van der Waals surface area contributed by atoms with Crippen molar-refractivity contribution in [2.45, 2.75) is 75.4 Å². The lowest BCUT2D eigenvalue weighted by atomic mass is 9.89. The molecule has 1 aromatic heterocycles. The Morgan fingerprint density at radius 2 is 1.78 bits per heavy atom. The summed E-state index contributed by atoms with van der Waals surface area (Å²) >= 11 is 1.46. The Hall–Kier alpha value is -1.11. The number of amides is 1. The number of aromatic nitrogens is 4. The van der Waals surface area contributed by atoms with Gasteiger partial charge >= 0.3 is 0 Å². The quantitative estimate of drug-likeness (QED) is 0.808. The number of hydrogen-bond donors (Lipinski definition) is 1. The summed E-state index contributed by atoms with van der Waals surface area (Å²) in [5, 5.41) is 15.9. The summed E-state index contributed by atoms with van der Waals surface area (Å²) in [6.07, 6.45) is 12.6. The smallest absolute Gasteiger partial charge is 0.230 e. The molecule has 2 aliphatic carbocycles. The van der Waals surface area contributed by atoms with Crippen molar-refractivity contribution in [2.24, 2.45) is 5.92 Å². The van der Waals surface area contributed by atoms with Gasteiger partial charge in [-0.3, -0.25) is 4.79 Å². The molecule has 6 nitrogen and oxygen atoms in total. The summed E-state index contributed by atoms with van der Waals surface area (Å²) in [6.45, 7) is 0.826. The molecule has 0 saturated heterocycles. The molecule has 0 atom stereocenters. The van der Waals surface area contributed by atoms with E-state index in [2.05, 4.69) is 20.8 Å². The van der Waals surface area contributed by atoms with Crippen molar-refractivity contribution < 1.29 is 4.79 Å². The highest BCUT2D eigenvalue weighted by Gasteiger charge is 2.21. The highest BCUT2D eigenvalue weighted by atomic mass is 32.2. The summed E-state index contributed by atoms with van der Waals surface area (Å²) in [6, 6.07) is 0.409. The molecule has 3 rings (SSSR count). The minimum Gasteiger partial charge on any atom is -0.355 e. The van der Waals surface area contributed by atoms with E-state index in [1.807, 2.05) is 4.68 Å². The standard InChI is InChI=1S/C16H27N5OS/c22-15(17-11-13-7-3-1-4-8-13)12-23-16-18-19-20-21(16)14-9-5-2-6-10-14/h13-14H,1-12H2,(H,17,22). The van der Waals surface area contributed by atoms with Gasteiger partial charge < -0.3 is 5.32 Å². The zero-order chi connectivity index (χ0) is 15.9. The molecule has 2 aliphatic rings. The SMILES string of the molecule is O=C(CSc1nnnn1C1CCCCC1)NCC1CCCCC1. The zero-order valence-corrected chi connectivity index (χ0v) is 14.6. The van der Waals surface area contributed by atoms with Crippen molar-refractivity contribution in [3.05, 3.63) is 0 Å². The Kier molecular flexibility index (Phi) is 6.30. The molecule has 0 unspecified atom stereocenters. The van der Waals surface area contributed by atoms with E-state index in [-0.39, 0.29) is 5.91 Å². The number of carbonyl (C=O) groups excluding carboxylic acids is 1. The van der Waals surface area contributed by atoms with Crippen molar-refractivity contribution in [2.75, 3.05) is 12.3 Å². The summed E-state index contributed by atoms with van der Waals surface area (Å²) in [5.41, 5.74) is 0. The Morgan fingerprint density at radius 3 is 2.52 bits per heavy atom. The number of hydrogen-bond acceptors (Lipinski definition) is 5. The average molecular weight is 337 g/mol. The molecular formula is C16H27N5OS. The van der Waals surface area contributed by atoms with Crippen LogP contribution in [-0.2, 0) is 4.79 Å². The highest BCUT2D eigenvalue weighted by Crippen LogP contribution is 2.30. The molecule has 7 heteroatoms. The normalized spacial score (nSPS) is 20.5. The van der Waals surface area contributed by atoms with Gasteiger partial charge in [0.25, 0.3) is 0 Å². The predicted molar refractivity (Wildman–Crippen MR) is 90.2 cm³/mol. The zero-order valence-electron chi connectivity index (χ0n) is 13.7. The maximum atomic E-state index is 12.1. The fourth-order valence-electron chi connectivity index (χ4n) is 3.67. The van der Waals surface area contributed by atoms with Crippen molar-refractivity contribution in [1.82, 2.24) is 25.5 Å². The molecule has 0 bridgehead atoms. The van der Waals surface area contributed by atoms with Crippen molar-refractivity contribution >= 4 is 17.7 Å². The predicted octanol–water partition coefficient (Wildman–Crippen LogP) is 2.97. The minimum atomic E-state index is 0.0961. The van der Waals surface area contributed by atoms with Gasteiger partial charge in [0, 0.05) is 6.54 Å². The molecule has 0 aliphatic heterocycles. The molecule has 128 valence electrons. The van der Waals surface area contributed by atoms with Crippen LogP contribution in [-0.4, -0.2) is 38.4 Å². The maximum absolute atomic E-state index is 12.1. The first kappa shape index (κ1) is 16.7. The van der Waals surface area contributed by atoms with Crippen molar-refractivity contribution in [3.63, 3.8) is 0 Å². The van der Waals surface area contributed by atoms with Crippen LogP contribution in [0.3, 0.4) is 0 Å². The summed E-state index contributed by atoms with van der Waals surface area (Å²) in [5.74, 6) is 1.17. The van der Waals surface area contributed by atoms with Crippen LogP contribution in [0.1, 0.15) is 70.3 Å². The first-order chi connectivity index (χ1) is 11.3. The van der Waals surface area contributed by atoms with E-state index < -0.39 is 0 Å². The van der Waals surface area contributed by atoms with Crippen LogP contribution < -0.4 is 5.32 Å². The van der Waals surface area contributed by atoms with Crippen LogP contribution in [0.2, 0.25) is 0 Å². The largest absolute Gasteiger partial charge is 0.355 e. The van der Waals surface area contributed by atoms with Gasteiger partial charge in [-0.1, -0.05) is 50.3 Å². The van der Waals surface area contributed by atoms with E-state index in [9.17, 15) is 4.79 Å². The first-order valence-corrected chi connectivity index (χ1v) is 9.99. The second-order valence-corrected chi connectivity index (χ2v) is 7.74. The minimum absolute atomic E-state index is 0.0961. The molecule has 1 amide bonds. The molecule has 2 fully saturated rings. The summed E-state index contributed by atoms with van der Waals surface area (Å²) in [4.78, 5) is 12.1. The molecule has 0 spiro atoms. The molecular weight excluding hydrogens is 310 g/mol. The number of nitrogens with zero attached hydrogens (tertiary/aromatic N) is 4. The van der Waals surface area contributed by atoms with Gasteiger partial charge in [0.05, 0.1) is 11.8 Å². The molecule has 23 heavy (non-hydrogen) atoms. The number of thioether (sulfide) groups is 1. The molecule has 1 heterocycles. The lowest BCUT2D eigenvalue weighted by Gasteiger charge is -2.22. The fourth-order valence-corrected chi connectivity index (χ4v) is 4.44. The number of nitrogens with one attached hydrogen (secondary N) is 1. The first-order valence-electron chi connectivity index (χ1n) is 9.00. The summed E-state index contributed by atoms with van der Waals surface area (Å²) < 4.78 is 1.93. The van der Waals surface area contributed by atoms with Gasteiger partial charge in [-0.05, 0) is 42.0 Å². The third kappa shape index (κ3) is 4.93. The van der Waals surface area contributed by atoms with Gasteiger partial charge in [0.15, 0.2) is 0 Å². The second-order valence-electron chi connectivity index (χ2n) is 6.79. The van der Waals surface area contributed by atoms with Crippen LogP contribution in [0.25, 0.3) is 0 Å². The molecule has 0 radical (unpaired) electrons. The third-order valence-electron chi connectivity index (χ3n) is 5.03. The lowest BCUT2D eigenvalue weighted by Crippen LogP contribution is -2.31. The van der Waals surface area contributed by atoms with E-state index in [0.717, 1.165) is 24.5 Å². The highest BCUT2D eigenvalue weighted by molar-refractivity contribution is 7.99. The van der Waals surface area contributed by atoms with E-state index in [1.165, 1.54) is 63.1 Å². The Labute approximate surface area is 142 Å². The monoisotopic (exact) mass is 337 g/mol. The molecule has 1 N–H and O–H groups in total. The third-order valence-corrected chi connectivity index (χ3v) is 5.96. The van der Waals surface area contributed by atoms with Crippen LogP contribution >= 0.6 is 11.8 Å². The van der Waals surface area contributed by atoms with E-state index in [1.54, 1.807) is 0 Å². The molecule has 2 saturated carbocycles. The topological polar surface area (TPSA) is 72.7 Å². The van der Waals surface area contributed by atoms with E-state index >= 15 is 0 Å². The van der Waals surface area contributed by atoms with Crippen LogP contribution in [0.5, 0.6) is 0 Å². The Bertz CT molecular complexity index is 494. The van der Waals surface area contributed by atoms with Crippen LogP contribution in [0.15, 0.2) is 5.16 Å². The van der Waals surface area contributed by atoms with Gasteiger partial charge in [0.1, 0.15) is 0 Å². The second kappa shape index (κ2) is 8.66. The van der Waals surface area contributed by atoms with Crippen LogP contribution in [0, 0.1) is 5.92 Å². The maximum Gasteiger partial charge on any atom is 0.230 e. The number of tetrazole rings is 1. The van der Waals surface area contributed by atoms with Crippen molar-refractivity contribution in [3.8, 4) is 0 Å². The summed E-state index contributed by atoms with van der Waals surface area (Å²) in [7, 11) is 0. The van der Waals surface area contributed by atoms with Gasteiger partial charge in [-0.15, -0.1) is 5.10 Å². The van der Waals surface area contributed by atoms with E-state index in [4.69, 9.17) is 0 Å². The van der Waals surface area contributed by atoms with Gasteiger partial charge in [0.2, 0.25) is 11.1 Å². The lowest BCUT2D eigenvalue weighted by molar-refractivity contribution is -0.118. The fraction of sp³-hybridized carbons (Fsp3) is 0.875. The Morgan fingerprint density at radius 1 is 1.09 bits per heavy atom. The number of rotatable bonds is 6. The number of carbonyl (C=O) groups is 1. The molecule has 1 aromatic rings. The molecule has 0 aromatic carbocycles. The van der Waals surface area contributed by atoms with Gasteiger partial charge in [-0.25, -0.2) is 4.68 Å². The average Bonchev–Trinajstić information content (AvgIpc) is 3.08. The van der Waals surface area contributed by atoms with E-state index in [0.29, 0.717) is 17.7 Å². The van der Waals surface area contributed by atoms with Crippen molar-refractivity contribution in [1.29, 1.82) is 0 Å². The van der Waals surface area contributed by atoms with Crippen LogP contribution in [0.4, 0.5) is 0 Å². The van der Waals surface area contributed by atoms with Gasteiger partial charge in [-0.2, -0.15) is 0 Å².